The summed E-state index contributed by atoms with van der Waals surface area (Å²) in [5, 5.41) is 11.9. The van der Waals surface area contributed by atoms with E-state index in [0.717, 1.165) is 17.9 Å². The summed E-state index contributed by atoms with van der Waals surface area (Å²) in [6.07, 6.45) is 0.819. The third-order valence-electron chi connectivity index (χ3n) is 2.64. The first-order chi connectivity index (χ1) is 8.18. The minimum atomic E-state index is 0.385. The quantitative estimate of drug-likeness (QED) is 0.814. The van der Waals surface area contributed by atoms with E-state index in [1.165, 1.54) is 0 Å². The van der Waals surface area contributed by atoms with E-state index < -0.39 is 0 Å². The fourth-order valence-electron chi connectivity index (χ4n) is 1.51. The number of para-hydroxylation sites is 1. The molecule has 17 heavy (non-hydrogen) atoms. The minimum absolute atomic E-state index is 0.385. The number of halogens is 1. The molecule has 2 aromatic rings. The van der Waals surface area contributed by atoms with Gasteiger partial charge in [0.2, 0.25) is 0 Å². The van der Waals surface area contributed by atoms with Gasteiger partial charge < -0.3 is 0 Å². The van der Waals surface area contributed by atoms with Crippen LogP contribution < -0.4 is 0 Å². The number of alkyl halides is 1. The molecule has 0 N–H and O–H groups in total. The van der Waals surface area contributed by atoms with Crippen LogP contribution in [0.25, 0.3) is 5.69 Å². The van der Waals surface area contributed by atoms with Gasteiger partial charge in [-0.05, 0) is 28.5 Å². The Morgan fingerprint density at radius 2 is 1.94 bits per heavy atom. The number of aromatic nitrogens is 4. The third kappa shape index (κ3) is 2.91. The first kappa shape index (κ1) is 12.2. The topological polar surface area (TPSA) is 43.6 Å². The Labute approximate surface area is 109 Å². The lowest BCUT2D eigenvalue weighted by molar-refractivity contribution is 0.592. The van der Waals surface area contributed by atoms with E-state index in [2.05, 4.69) is 45.3 Å². The molecule has 0 amide bonds. The number of tetrazole rings is 1. The summed E-state index contributed by atoms with van der Waals surface area (Å²) in [7, 11) is 0. The first-order valence-electron chi connectivity index (χ1n) is 5.65. The fraction of sp³-hybridized carbons (Fsp3) is 0.417. The zero-order chi connectivity index (χ0) is 12.3. The Hall–Kier alpha value is -1.23. The molecule has 0 saturated carbocycles. The fourth-order valence-corrected chi connectivity index (χ4v) is 1.80. The summed E-state index contributed by atoms with van der Waals surface area (Å²) in [6.45, 7) is 4.35. The van der Waals surface area contributed by atoms with E-state index >= 15 is 0 Å². The van der Waals surface area contributed by atoms with E-state index in [0.29, 0.717) is 10.7 Å². The standard InChI is InChI=1S/C12H15BrN4/c1-9(2)11(13)8-12-14-15-16-17(12)10-6-4-3-5-7-10/h3-7,9,11H,8H2,1-2H3. The van der Waals surface area contributed by atoms with Crippen LogP contribution in [-0.4, -0.2) is 25.0 Å². The summed E-state index contributed by atoms with van der Waals surface area (Å²) in [4.78, 5) is 0.385. The van der Waals surface area contributed by atoms with Crippen LogP contribution >= 0.6 is 15.9 Å². The lowest BCUT2D eigenvalue weighted by atomic mass is 10.1. The molecule has 0 aliphatic rings. The van der Waals surface area contributed by atoms with Crippen molar-refractivity contribution in [3.05, 3.63) is 36.2 Å². The number of benzene rings is 1. The second kappa shape index (κ2) is 5.40. The molecule has 1 aromatic heterocycles. The molecule has 0 aliphatic heterocycles. The maximum atomic E-state index is 4.09. The Morgan fingerprint density at radius 1 is 1.24 bits per heavy atom. The largest absolute Gasteiger partial charge is 0.197 e. The molecule has 5 heteroatoms. The summed E-state index contributed by atoms with van der Waals surface area (Å²) in [5.41, 5.74) is 0.996. The summed E-state index contributed by atoms with van der Waals surface area (Å²) < 4.78 is 1.79. The Bertz CT molecular complexity index is 466. The van der Waals surface area contributed by atoms with Gasteiger partial charge in [0.05, 0.1) is 5.69 Å². The maximum Gasteiger partial charge on any atom is 0.157 e. The monoisotopic (exact) mass is 294 g/mol. The van der Waals surface area contributed by atoms with Gasteiger partial charge in [-0.25, -0.2) is 0 Å². The van der Waals surface area contributed by atoms with Crippen molar-refractivity contribution in [2.45, 2.75) is 25.1 Å². The third-order valence-corrected chi connectivity index (χ3v) is 4.02. The van der Waals surface area contributed by atoms with Gasteiger partial charge in [-0.2, -0.15) is 4.68 Å². The first-order valence-corrected chi connectivity index (χ1v) is 6.57. The van der Waals surface area contributed by atoms with Crippen molar-refractivity contribution in [1.82, 2.24) is 20.2 Å². The summed E-state index contributed by atoms with van der Waals surface area (Å²) >= 11 is 3.66. The zero-order valence-electron chi connectivity index (χ0n) is 9.92. The van der Waals surface area contributed by atoms with Crippen molar-refractivity contribution >= 4 is 15.9 Å². The van der Waals surface area contributed by atoms with Crippen LogP contribution in [-0.2, 0) is 6.42 Å². The zero-order valence-corrected chi connectivity index (χ0v) is 11.5. The van der Waals surface area contributed by atoms with Crippen LogP contribution in [0.15, 0.2) is 30.3 Å². The Kier molecular flexibility index (Phi) is 3.89. The van der Waals surface area contributed by atoms with Gasteiger partial charge in [0, 0.05) is 11.2 Å². The Balaban J connectivity index is 2.23. The molecule has 1 atom stereocenters. The van der Waals surface area contributed by atoms with Gasteiger partial charge >= 0.3 is 0 Å². The van der Waals surface area contributed by atoms with Crippen molar-refractivity contribution in [2.24, 2.45) is 5.92 Å². The van der Waals surface area contributed by atoms with Gasteiger partial charge in [-0.15, -0.1) is 5.10 Å². The number of rotatable bonds is 4. The van der Waals surface area contributed by atoms with Crippen molar-refractivity contribution in [2.75, 3.05) is 0 Å². The molecule has 4 nitrogen and oxygen atoms in total. The molecule has 90 valence electrons. The van der Waals surface area contributed by atoms with Crippen LogP contribution in [0, 0.1) is 5.92 Å². The minimum Gasteiger partial charge on any atom is -0.197 e. The van der Waals surface area contributed by atoms with Gasteiger partial charge in [-0.1, -0.05) is 48.0 Å². The smallest absolute Gasteiger partial charge is 0.157 e. The second-order valence-corrected chi connectivity index (χ2v) is 5.48. The molecule has 0 aliphatic carbocycles. The second-order valence-electron chi connectivity index (χ2n) is 4.31. The van der Waals surface area contributed by atoms with Gasteiger partial charge in [-0.3, -0.25) is 0 Å². The van der Waals surface area contributed by atoms with Crippen LogP contribution in [0.2, 0.25) is 0 Å². The van der Waals surface area contributed by atoms with Crippen molar-refractivity contribution in [3.63, 3.8) is 0 Å². The van der Waals surface area contributed by atoms with Crippen LogP contribution in [0.5, 0.6) is 0 Å². The normalized spacial score (nSPS) is 12.9. The molecule has 0 radical (unpaired) electrons. The number of nitrogens with zero attached hydrogens (tertiary/aromatic N) is 4. The average Bonchev–Trinajstić information content (AvgIpc) is 2.78. The lowest BCUT2D eigenvalue weighted by Gasteiger charge is -2.12. The van der Waals surface area contributed by atoms with Gasteiger partial charge in [0.25, 0.3) is 0 Å². The molecular formula is C12H15BrN4. The summed E-state index contributed by atoms with van der Waals surface area (Å²) in [6, 6.07) is 9.94. The van der Waals surface area contributed by atoms with E-state index in [1.54, 1.807) is 4.68 Å². The van der Waals surface area contributed by atoms with E-state index in [1.807, 2.05) is 30.3 Å². The summed E-state index contributed by atoms with van der Waals surface area (Å²) in [5.74, 6) is 1.43. The predicted octanol–water partition coefficient (Wildman–Crippen LogP) is 2.62. The van der Waals surface area contributed by atoms with E-state index in [9.17, 15) is 0 Å². The van der Waals surface area contributed by atoms with Crippen LogP contribution in [0.3, 0.4) is 0 Å². The number of hydrogen-bond acceptors (Lipinski definition) is 3. The molecule has 0 fully saturated rings. The number of hydrogen-bond donors (Lipinski definition) is 0. The highest BCUT2D eigenvalue weighted by Crippen LogP contribution is 2.17. The van der Waals surface area contributed by atoms with Gasteiger partial charge in [0.1, 0.15) is 0 Å². The highest BCUT2D eigenvalue weighted by Gasteiger charge is 2.15. The van der Waals surface area contributed by atoms with Crippen LogP contribution in [0.1, 0.15) is 19.7 Å². The van der Waals surface area contributed by atoms with Crippen molar-refractivity contribution in [3.8, 4) is 5.69 Å². The molecule has 0 spiro atoms. The van der Waals surface area contributed by atoms with E-state index in [4.69, 9.17) is 0 Å². The SMILES string of the molecule is CC(C)C(Br)Cc1nnnn1-c1ccccc1. The average molecular weight is 295 g/mol. The molecule has 0 bridgehead atoms. The molecule has 1 aromatic carbocycles. The van der Waals surface area contributed by atoms with Gasteiger partial charge in [0.15, 0.2) is 5.82 Å². The van der Waals surface area contributed by atoms with Crippen molar-refractivity contribution in [1.29, 1.82) is 0 Å². The molecule has 1 heterocycles. The molecule has 0 saturated heterocycles. The van der Waals surface area contributed by atoms with Crippen LogP contribution in [0.4, 0.5) is 0 Å². The molecular weight excluding hydrogens is 280 g/mol. The Morgan fingerprint density at radius 3 is 2.59 bits per heavy atom. The highest BCUT2D eigenvalue weighted by atomic mass is 79.9. The highest BCUT2D eigenvalue weighted by molar-refractivity contribution is 9.09. The molecule has 2 rings (SSSR count). The predicted molar refractivity (Wildman–Crippen MR) is 70.4 cm³/mol. The van der Waals surface area contributed by atoms with E-state index in [-0.39, 0.29) is 0 Å². The molecule has 1 unspecified atom stereocenters. The maximum absolute atomic E-state index is 4.09. The van der Waals surface area contributed by atoms with Crippen molar-refractivity contribution < 1.29 is 0 Å². The lowest BCUT2D eigenvalue weighted by Crippen LogP contribution is -2.14.